The summed E-state index contributed by atoms with van der Waals surface area (Å²) in [4.78, 5) is 11.6. The van der Waals surface area contributed by atoms with Crippen molar-refractivity contribution < 1.29 is 27.8 Å². The second-order valence-corrected chi connectivity index (χ2v) is 4.13. The first-order valence-corrected chi connectivity index (χ1v) is 5.82. The Morgan fingerprint density at radius 3 is 2.53 bits per heavy atom. The third kappa shape index (κ3) is 3.08. The second-order valence-electron chi connectivity index (χ2n) is 4.13. The van der Waals surface area contributed by atoms with E-state index in [2.05, 4.69) is 4.74 Å². The number of carbonyl (C=O) groups is 1. The maximum absolute atomic E-state index is 13.5. The molecule has 1 aromatic carbocycles. The Morgan fingerprint density at radius 1 is 1.26 bits per heavy atom. The molecule has 1 aliphatic heterocycles. The third-order valence-electron chi connectivity index (χ3n) is 2.85. The molecular weight excluding hydrogens is 258 g/mol. The van der Waals surface area contributed by atoms with Crippen molar-refractivity contribution in [2.45, 2.75) is 24.7 Å². The van der Waals surface area contributed by atoms with Crippen molar-refractivity contribution in [1.29, 1.82) is 0 Å². The lowest BCUT2D eigenvalue weighted by Gasteiger charge is -2.13. The van der Waals surface area contributed by atoms with E-state index in [1.165, 1.54) is 7.11 Å². The summed E-state index contributed by atoms with van der Waals surface area (Å²) in [5, 5.41) is 0. The van der Waals surface area contributed by atoms with Crippen LogP contribution in [0.2, 0.25) is 0 Å². The highest BCUT2D eigenvalue weighted by atomic mass is 19.2. The highest BCUT2D eigenvalue weighted by Crippen LogP contribution is 2.27. The van der Waals surface area contributed by atoms with Crippen LogP contribution in [0.5, 0.6) is 0 Å². The van der Waals surface area contributed by atoms with E-state index in [-0.39, 0.29) is 6.61 Å². The number of methoxy groups -OCH3 is 1. The molecule has 1 unspecified atom stereocenters. The summed E-state index contributed by atoms with van der Waals surface area (Å²) >= 11 is 0. The molecule has 4 atom stereocenters. The van der Waals surface area contributed by atoms with Gasteiger partial charge in [0, 0.05) is 7.11 Å². The quantitative estimate of drug-likeness (QED) is 0.785. The number of alkyl halides is 2. The summed E-state index contributed by atoms with van der Waals surface area (Å²) in [6.07, 6.45) is -6.14. The minimum atomic E-state index is -1.87. The highest BCUT2D eigenvalue weighted by molar-refractivity contribution is 5.89. The smallest absolute Gasteiger partial charge is 0.338 e. The molecule has 0 bridgehead atoms. The molecule has 0 radical (unpaired) electrons. The van der Waals surface area contributed by atoms with Gasteiger partial charge in [-0.05, 0) is 12.1 Å². The molecule has 1 aliphatic rings. The summed E-state index contributed by atoms with van der Waals surface area (Å²) in [6.45, 7) is -0.352. The molecule has 2 rings (SSSR count). The zero-order valence-electron chi connectivity index (χ0n) is 10.3. The molecule has 4 nitrogen and oxygen atoms in total. The van der Waals surface area contributed by atoms with Gasteiger partial charge in [0.25, 0.3) is 0 Å². The average molecular weight is 272 g/mol. The van der Waals surface area contributed by atoms with Crippen LogP contribution in [0, 0.1) is 0 Å². The number of rotatable bonds is 4. The Bertz CT molecular complexity index is 426. The molecule has 0 aliphatic carbocycles. The molecule has 0 amide bonds. The molecule has 0 saturated carbocycles. The van der Waals surface area contributed by atoms with Crippen LogP contribution < -0.4 is 0 Å². The summed E-state index contributed by atoms with van der Waals surface area (Å²) < 4.78 is 41.3. The molecular formula is C13H14F2O4. The summed E-state index contributed by atoms with van der Waals surface area (Å²) in [7, 11) is 1.22. The Labute approximate surface area is 109 Å². The van der Waals surface area contributed by atoms with Crippen LogP contribution in [0.4, 0.5) is 8.78 Å². The van der Waals surface area contributed by atoms with Crippen LogP contribution in [-0.2, 0) is 14.2 Å². The molecule has 6 heteroatoms. The maximum Gasteiger partial charge on any atom is 0.338 e. The molecule has 104 valence electrons. The lowest BCUT2D eigenvalue weighted by Crippen LogP contribution is -2.29. The number of hydrogen-bond acceptors (Lipinski definition) is 4. The molecule has 1 saturated heterocycles. The van der Waals surface area contributed by atoms with E-state index >= 15 is 0 Å². The van der Waals surface area contributed by atoms with Crippen LogP contribution in [0.1, 0.15) is 10.4 Å². The zero-order valence-corrected chi connectivity index (χ0v) is 10.3. The van der Waals surface area contributed by atoms with Gasteiger partial charge in [0.05, 0.1) is 5.56 Å². The van der Waals surface area contributed by atoms with Gasteiger partial charge in [0.2, 0.25) is 0 Å². The Hall–Kier alpha value is -1.53. The van der Waals surface area contributed by atoms with Crippen molar-refractivity contribution in [2.24, 2.45) is 0 Å². The van der Waals surface area contributed by atoms with E-state index < -0.39 is 30.7 Å². The first kappa shape index (κ1) is 13.9. The van der Waals surface area contributed by atoms with Gasteiger partial charge >= 0.3 is 5.97 Å². The standard InChI is InChI=1S/C13H14F2O4/c1-17-13-11(15)10(14)9(19-13)7-18-12(16)8-5-3-2-4-6-8/h2-6,9-11,13H,7H2,1H3/t9-,10-,11+,13?/m1/s1. The highest BCUT2D eigenvalue weighted by Gasteiger charge is 2.46. The van der Waals surface area contributed by atoms with Gasteiger partial charge in [0.1, 0.15) is 12.7 Å². The van der Waals surface area contributed by atoms with E-state index in [4.69, 9.17) is 9.47 Å². The normalized spacial score (nSPS) is 30.3. The fourth-order valence-electron chi connectivity index (χ4n) is 1.81. The van der Waals surface area contributed by atoms with Gasteiger partial charge in [-0.25, -0.2) is 13.6 Å². The van der Waals surface area contributed by atoms with Gasteiger partial charge in [-0.15, -0.1) is 0 Å². The van der Waals surface area contributed by atoms with E-state index in [1.54, 1.807) is 30.3 Å². The van der Waals surface area contributed by atoms with Gasteiger partial charge in [-0.1, -0.05) is 18.2 Å². The summed E-state index contributed by atoms with van der Waals surface area (Å²) in [5.41, 5.74) is 0.344. The lowest BCUT2D eigenvalue weighted by molar-refractivity contribution is -0.141. The Balaban J connectivity index is 1.88. The first-order chi connectivity index (χ1) is 9.13. The Kier molecular flexibility index (Phi) is 4.44. The van der Waals surface area contributed by atoms with E-state index in [0.29, 0.717) is 5.56 Å². The topological polar surface area (TPSA) is 44.8 Å². The number of hydrogen-bond donors (Lipinski definition) is 0. The monoisotopic (exact) mass is 272 g/mol. The average Bonchev–Trinajstić information content (AvgIpc) is 2.73. The Morgan fingerprint density at radius 2 is 1.95 bits per heavy atom. The number of esters is 1. The number of benzene rings is 1. The molecule has 1 fully saturated rings. The van der Waals surface area contributed by atoms with Crippen LogP contribution in [-0.4, -0.2) is 44.4 Å². The van der Waals surface area contributed by atoms with E-state index in [9.17, 15) is 13.6 Å². The van der Waals surface area contributed by atoms with Crippen molar-refractivity contribution in [3.8, 4) is 0 Å². The minimum absolute atomic E-state index is 0.344. The van der Waals surface area contributed by atoms with Gasteiger partial charge in [0.15, 0.2) is 18.6 Å². The first-order valence-electron chi connectivity index (χ1n) is 5.82. The molecule has 0 N–H and O–H groups in total. The van der Waals surface area contributed by atoms with Crippen molar-refractivity contribution in [3.05, 3.63) is 35.9 Å². The van der Waals surface area contributed by atoms with Crippen LogP contribution in [0.25, 0.3) is 0 Å². The van der Waals surface area contributed by atoms with Crippen LogP contribution >= 0.6 is 0 Å². The molecule has 0 spiro atoms. The summed E-state index contributed by atoms with van der Waals surface area (Å²) in [6, 6.07) is 8.26. The molecule has 19 heavy (non-hydrogen) atoms. The number of ether oxygens (including phenoxy) is 3. The maximum atomic E-state index is 13.5. The fraction of sp³-hybridized carbons (Fsp3) is 0.462. The number of carbonyl (C=O) groups excluding carboxylic acids is 1. The van der Waals surface area contributed by atoms with Crippen molar-refractivity contribution >= 4 is 5.97 Å². The van der Waals surface area contributed by atoms with Crippen molar-refractivity contribution in [1.82, 2.24) is 0 Å². The van der Waals surface area contributed by atoms with Crippen LogP contribution in [0.15, 0.2) is 30.3 Å². The van der Waals surface area contributed by atoms with Crippen molar-refractivity contribution in [3.63, 3.8) is 0 Å². The molecule has 1 aromatic rings. The third-order valence-corrected chi connectivity index (χ3v) is 2.85. The molecule has 0 aromatic heterocycles. The van der Waals surface area contributed by atoms with Gasteiger partial charge in [-0.3, -0.25) is 0 Å². The molecule has 1 heterocycles. The number of halogens is 2. The minimum Gasteiger partial charge on any atom is -0.459 e. The second kappa shape index (κ2) is 6.08. The van der Waals surface area contributed by atoms with E-state index in [1.807, 2.05) is 0 Å². The van der Waals surface area contributed by atoms with Crippen LogP contribution in [0.3, 0.4) is 0 Å². The predicted molar refractivity (Wildman–Crippen MR) is 62.2 cm³/mol. The van der Waals surface area contributed by atoms with Gasteiger partial charge in [-0.2, -0.15) is 0 Å². The summed E-state index contributed by atoms with van der Waals surface area (Å²) in [5.74, 6) is -0.604. The zero-order chi connectivity index (χ0) is 13.8. The lowest BCUT2D eigenvalue weighted by atomic mass is 10.2. The fourth-order valence-corrected chi connectivity index (χ4v) is 1.81. The largest absolute Gasteiger partial charge is 0.459 e. The van der Waals surface area contributed by atoms with Crippen molar-refractivity contribution in [2.75, 3.05) is 13.7 Å². The predicted octanol–water partition coefficient (Wildman–Crippen LogP) is 1.89. The van der Waals surface area contributed by atoms with E-state index in [0.717, 1.165) is 0 Å². The van der Waals surface area contributed by atoms with Gasteiger partial charge < -0.3 is 14.2 Å². The SMILES string of the molecule is COC1O[C@H](COC(=O)c2ccccc2)[C@@H](F)[C@@H]1F.